The molecule has 0 aromatic carbocycles. The van der Waals surface area contributed by atoms with E-state index >= 15 is 0 Å². The van der Waals surface area contributed by atoms with Crippen LogP contribution in [-0.4, -0.2) is 16.4 Å². The van der Waals surface area contributed by atoms with Crippen molar-refractivity contribution in [2.75, 3.05) is 0 Å². The van der Waals surface area contributed by atoms with Gasteiger partial charge in [0.2, 0.25) is 0 Å². The number of halogens is 1. The second kappa shape index (κ2) is 6.44. The summed E-state index contributed by atoms with van der Waals surface area (Å²) in [4.78, 5) is 11.3. The number of alkyl halides is 1. The van der Waals surface area contributed by atoms with Gasteiger partial charge in [0, 0.05) is 0 Å². The van der Waals surface area contributed by atoms with Gasteiger partial charge >= 0.3 is 5.97 Å². The lowest BCUT2D eigenvalue weighted by Crippen LogP contribution is -2.28. The number of hydrogen-bond donors (Lipinski definition) is 0. The smallest absolute Gasteiger partial charge is 0.320 e. The highest BCUT2D eigenvalue weighted by molar-refractivity contribution is 9.10. The summed E-state index contributed by atoms with van der Waals surface area (Å²) in [6.07, 6.45) is 4.29. The van der Waals surface area contributed by atoms with Crippen molar-refractivity contribution in [1.29, 1.82) is 0 Å². The van der Waals surface area contributed by atoms with E-state index in [0.717, 1.165) is 12.8 Å². The van der Waals surface area contributed by atoms with E-state index in [-0.39, 0.29) is 16.4 Å². The van der Waals surface area contributed by atoms with Crippen molar-refractivity contribution in [3.8, 4) is 0 Å². The normalized spacial score (nSPS) is 13.8. The predicted molar refractivity (Wildman–Crippen MR) is 62.7 cm³/mol. The molecule has 0 spiro atoms. The van der Waals surface area contributed by atoms with Gasteiger partial charge in [-0.1, -0.05) is 42.1 Å². The Hall–Kier alpha value is -0.0500. The molecule has 1 unspecified atom stereocenters. The Bertz CT molecular complexity index is 173. The largest absolute Gasteiger partial charge is 0.459 e. The first-order valence-electron chi connectivity index (χ1n) is 5.23. The fraction of sp³-hybridized carbons (Fsp3) is 0.909. The maximum atomic E-state index is 11.5. The van der Waals surface area contributed by atoms with E-state index in [1.807, 2.05) is 20.8 Å². The van der Waals surface area contributed by atoms with E-state index in [9.17, 15) is 4.79 Å². The minimum absolute atomic E-state index is 0.145. The van der Waals surface area contributed by atoms with Crippen LogP contribution in [-0.2, 0) is 9.53 Å². The molecule has 0 aliphatic heterocycles. The number of hydrogen-bond acceptors (Lipinski definition) is 2. The zero-order valence-corrected chi connectivity index (χ0v) is 11.2. The number of esters is 1. The monoisotopic (exact) mass is 264 g/mol. The molecular formula is C11H21BrO2. The van der Waals surface area contributed by atoms with Crippen LogP contribution in [0.25, 0.3) is 0 Å². The van der Waals surface area contributed by atoms with Gasteiger partial charge in [-0.25, -0.2) is 0 Å². The molecule has 0 saturated heterocycles. The van der Waals surface area contributed by atoms with Crippen molar-refractivity contribution in [2.45, 2.75) is 63.8 Å². The SMILES string of the molecule is CCCCCC(Br)C(=O)OC(C)(C)C. The minimum atomic E-state index is -0.381. The highest BCUT2D eigenvalue weighted by Crippen LogP contribution is 2.16. The molecule has 0 aromatic heterocycles. The minimum Gasteiger partial charge on any atom is -0.459 e. The van der Waals surface area contributed by atoms with Gasteiger partial charge in [-0.15, -0.1) is 0 Å². The molecule has 2 nitrogen and oxygen atoms in total. The van der Waals surface area contributed by atoms with Crippen molar-refractivity contribution in [3.05, 3.63) is 0 Å². The Kier molecular flexibility index (Phi) is 6.41. The second-order valence-electron chi connectivity index (χ2n) is 4.50. The molecule has 0 rings (SSSR count). The highest BCUT2D eigenvalue weighted by atomic mass is 79.9. The molecule has 0 fully saturated rings. The molecule has 0 amide bonds. The Labute approximate surface area is 95.5 Å². The molecule has 84 valence electrons. The second-order valence-corrected chi connectivity index (χ2v) is 5.60. The number of ether oxygens (including phenoxy) is 1. The first-order chi connectivity index (χ1) is 6.37. The predicted octanol–water partition coefficient (Wildman–Crippen LogP) is 3.67. The van der Waals surface area contributed by atoms with Gasteiger partial charge in [-0.3, -0.25) is 4.79 Å². The quantitative estimate of drug-likeness (QED) is 0.430. The van der Waals surface area contributed by atoms with E-state index in [4.69, 9.17) is 4.74 Å². The van der Waals surface area contributed by atoms with Crippen LogP contribution in [0.2, 0.25) is 0 Å². The molecule has 0 aliphatic carbocycles. The van der Waals surface area contributed by atoms with Crippen LogP contribution in [0.4, 0.5) is 0 Å². The summed E-state index contributed by atoms with van der Waals surface area (Å²) in [5.41, 5.74) is -0.381. The van der Waals surface area contributed by atoms with Crippen LogP contribution < -0.4 is 0 Å². The molecule has 0 aliphatic rings. The number of carbonyl (C=O) groups excluding carboxylic acids is 1. The molecule has 0 N–H and O–H groups in total. The number of unbranched alkanes of at least 4 members (excludes halogenated alkanes) is 2. The van der Waals surface area contributed by atoms with Gasteiger partial charge < -0.3 is 4.74 Å². The average molecular weight is 265 g/mol. The van der Waals surface area contributed by atoms with Crippen LogP contribution in [0, 0.1) is 0 Å². The zero-order valence-electron chi connectivity index (χ0n) is 9.60. The molecule has 0 bridgehead atoms. The van der Waals surface area contributed by atoms with Gasteiger partial charge in [0.25, 0.3) is 0 Å². The molecule has 14 heavy (non-hydrogen) atoms. The van der Waals surface area contributed by atoms with Crippen LogP contribution in [0.5, 0.6) is 0 Å². The Morgan fingerprint density at radius 3 is 2.36 bits per heavy atom. The van der Waals surface area contributed by atoms with E-state index < -0.39 is 0 Å². The van der Waals surface area contributed by atoms with Crippen molar-refractivity contribution in [3.63, 3.8) is 0 Å². The first-order valence-corrected chi connectivity index (χ1v) is 6.15. The molecule has 1 atom stereocenters. The van der Waals surface area contributed by atoms with E-state index in [1.165, 1.54) is 12.8 Å². The van der Waals surface area contributed by atoms with Crippen molar-refractivity contribution in [1.82, 2.24) is 0 Å². The lowest BCUT2D eigenvalue weighted by atomic mass is 10.1. The van der Waals surface area contributed by atoms with Gasteiger partial charge in [-0.05, 0) is 27.2 Å². The van der Waals surface area contributed by atoms with Crippen molar-refractivity contribution >= 4 is 21.9 Å². The molecule has 3 heteroatoms. The summed E-state index contributed by atoms with van der Waals surface area (Å²) in [6, 6.07) is 0. The third kappa shape index (κ3) is 7.36. The average Bonchev–Trinajstić information content (AvgIpc) is 2.01. The van der Waals surface area contributed by atoms with E-state index in [0.29, 0.717) is 0 Å². The summed E-state index contributed by atoms with van der Waals surface area (Å²) in [6.45, 7) is 7.81. The van der Waals surface area contributed by atoms with Crippen LogP contribution >= 0.6 is 15.9 Å². The standard InChI is InChI=1S/C11H21BrO2/c1-5-6-7-8-9(12)10(13)14-11(2,3)4/h9H,5-8H2,1-4H3. The summed E-state index contributed by atoms with van der Waals surface area (Å²) in [5.74, 6) is -0.145. The summed E-state index contributed by atoms with van der Waals surface area (Å²) < 4.78 is 5.24. The van der Waals surface area contributed by atoms with Crippen LogP contribution in [0.1, 0.15) is 53.4 Å². The molecule has 0 radical (unpaired) electrons. The summed E-state index contributed by atoms with van der Waals surface area (Å²) in [5, 5.41) is 0. The van der Waals surface area contributed by atoms with Crippen molar-refractivity contribution in [2.24, 2.45) is 0 Å². The Morgan fingerprint density at radius 2 is 1.93 bits per heavy atom. The van der Waals surface area contributed by atoms with Gasteiger partial charge in [0.1, 0.15) is 10.4 Å². The number of carbonyl (C=O) groups is 1. The maximum absolute atomic E-state index is 11.5. The molecule has 0 heterocycles. The van der Waals surface area contributed by atoms with Gasteiger partial charge in [0.15, 0.2) is 0 Å². The molecule has 0 saturated carbocycles. The zero-order chi connectivity index (χ0) is 11.2. The lowest BCUT2D eigenvalue weighted by molar-refractivity contribution is -0.154. The Balaban J connectivity index is 3.77. The third-order valence-corrected chi connectivity index (χ3v) is 2.56. The molecule has 0 aromatic rings. The Morgan fingerprint density at radius 1 is 1.36 bits per heavy atom. The van der Waals surface area contributed by atoms with Gasteiger partial charge in [0.05, 0.1) is 0 Å². The third-order valence-electron chi connectivity index (χ3n) is 1.72. The fourth-order valence-electron chi connectivity index (χ4n) is 1.06. The molecular weight excluding hydrogens is 244 g/mol. The van der Waals surface area contributed by atoms with Crippen LogP contribution in [0.3, 0.4) is 0 Å². The van der Waals surface area contributed by atoms with Crippen LogP contribution in [0.15, 0.2) is 0 Å². The van der Waals surface area contributed by atoms with E-state index in [1.54, 1.807) is 0 Å². The first kappa shape index (κ1) is 13.9. The van der Waals surface area contributed by atoms with Gasteiger partial charge in [-0.2, -0.15) is 0 Å². The highest BCUT2D eigenvalue weighted by Gasteiger charge is 2.22. The lowest BCUT2D eigenvalue weighted by Gasteiger charge is -2.21. The van der Waals surface area contributed by atoms with E-state index in [2.05, 4.69) is 22.9 Å². The van der Waals surface area contributed by atoms with Crippen molar-refractivity contribution < 1.29 is 9.53 Å². The summed E-state index contributed by atoms with van der Waals surface area (Å²) >= 11 is 3.35. The maximum Gasteiger partial charge on any atom is 0.320 e. The number of rotatable bonds is 5. The topological polar surface area (TPSA) is 26.3 Å². The fourth-order valence-corrected chi connectivity index (χ4v) is 1.47. The summed E-state index contributed by atoms with van der Waals surface area (Å²) in [7, 11) is 0.